The number of hydrogen-bond acceptors (Lipinski definition) is 3. The van der Waals surface area contributed by atoms with Gasteiger partial charge in [0.2, 0.25) is 0 Å². The van der Waals surface area contributed by atoms with Gasteiger partial charge in [0.25, 0.3) is 0 Å². The molecule has 0 saturated heterocycles. The van der Waals surface area contributed by atoms with Crippen molar-refractivity contribution in [3.63, 3.8) is 0 Å². The van der Waals surface area contributed by atoms with Crippen molar-refractivity contribution >= 4 is 16.7 Å². The average Bonchev–Trinajstić information content (AvgIpc) is 2.79. The van der Waals surface area contributed by atoms with E-state index >= 15 is 0 Å². The summed E-state index contributed by atoms with van der Waals surface area (Å²) in [4.78, 5) is 11.7. The number of rotatable bonds is 7. The lowest BCUT2D eigenvalue weighted by Gasteiger charge is -2.32. The van der Waals surface area contributed by atoms with Crippen molar-refractivity contribution in [1.82, 2.24) is 5.32 Å². The molecule has 162 valence electrons. The fourth-order valence-corrected chi connectivity index (χ4v) is 5.00. The van der Waals surface area contributed by atoms with E-state index in [2.05, 4.69) is 79.0 Å². The number of esters is 1. The monoisotopic (exact) mass is 415 g/mol. The lowest BCUT2D eigenvalue weighted by molar-refractivity contribution is -0.142. The Kier molecular flexibility index (Phi) is 7.03. The van der Waals surface area contributed by atoms with Gasteiger partial charge in [-0.15, -0.1) is 0 Å². The molecular formula is C28H33NO2. The molecule has 0 heterocycles. The van der Waals surface area contributed by atoms with Gasteiger partial charge in [-0.3, -0.25) is 4.79 Å². The van der Waals surface area contributed by atoms with E-state index < -0.39 is 0 Å². The molecule has 0 radical (unpaired) electrons. The predicted molar refractivity (Wildman–Crippen MR) is 127 cm³/mol. The zero-order chi connectivity index (χ0) is 21.6. The maximum absolute atomic E-state index is 11.7. The Morgan fingerprint density at radius 3 is 2.61 bits per heavy atom. The van der Waals surface area contributed by atoms with Gasteiger partial charge >= 0.3 is 5.97 Å². The third-order valence-electron chi connectivity index (χ3n) is 6.55. The summed E-state index contributed by atoms with van der Waals surface area (Å²) < 4.78 is 5.06. The van der Waals surface area contributed by atoms with Crippen molar-refractivity contribution in [2.75, 3.05) is 6.61 Å². The zero-order valence-electron chi connectivity index (χ0n) is 18.6. The van der Waals surface area contributed by atoms with Crippen LogP contribution < -0.4 is 5.32 Å². The van der Waals surface area contributed by atoms with Crippen molar-refractivity contribution in [2.24, 2.45) is 0 Å². The molecule has 0 aromatic heterocycles. The molecular weight excluding hydrogens is 382 g/mol. The normalized spacial score (nSPS) is 19.8. The van der Waals surface area contributed by atoms with Gasteiger partial charge in [-0.2, -0.15) is 0 Å². The van der Waals surface area contributed by atoms with Gasteiger partial charge in [-0.1, -0.05) is 73.2 Å². The Labute approximate surface area is 185 Å². The molecule has 0 unspecified atom stereocenters. The maximum atomic E-state index is 11.7. The van der Waals surface area contributed by atoms with E-state index in [1.165, 1.54) is 41.2 Å². The first-order valence-electron chi connectivity index (χ1n) is 11.6. The van der Waals surface area contributed by atoms with Crippen LogP contribution in [0.2, 0.25) is 0 Å². The Balaban J connectivity index is 1.40. The van der Waals surface area contributed by atoms with Gasteiger partial charge in [0.1, 0.15) is 0 Å². The Bertz CT molecular complexity index is 1010. The van der Waals surface area contributed by atoms with Crippen molar-refractivity contribution in [1.29, 1.82) is 0 Å². The largest absolute Gasteiger partial charge is 0.466 e. The predicted octanol–water partition coefficient (Wildman–Crippen LogP) is 6.32. The van der Waals surface area contributed by atoms with Crippen LogP contribution in [0.5, 0.6) is 0 Å². The lowest BCUT2D eigenvalue weighted by atomic mass is 9.80. The average molecular weight is 416 g/mol. The first-order valence-corrected chi connectivity index (χ1v) is 11.6. The van der Waals surface area contributed by atoms with Crippen LogP contribution in [-0.4, -0.2) is 18.6 Å². The lowest BCUT2D eigenvalue weighted by Crippen LogP contribution is -2.35. The summed E-state index contributed by atoms with van der Waals surface area (Å²) in [6.07, 6.45) is 5.22. The highest BCUT2D eigenvalue weighted by Gasteiger charge is 2.25. The second-order valence-corrected chi connectivity index (χ2v) is 8.74. The summed E-state index contributed by atoms with van der Waals surface area (Å²) in [7, 11) is 0. The van der Waals surface area contributed by atoms with E-state index in [1.54, 1.807) is 0 Å². The van der Waals surface area contributed by atoms with E-state index in [9.17, 15) is 4.79 Å². The summed E-state index contributed by atoms with van der Waals surface area (Å²) >= 11 is 0. The third-order valence-corrected chi connectivity index (χ3v) is 6.55. The molecule has 3 aromatic rings. The van der Waals surface area contributed by atoms with Gasteiger partial charge in [-0.25, -0.2) is 0 Å². The summed E-state index contributed by atoms with van der Waals surface area (Å²) in [6, 6.07) is 24.7. The highest BCUT2D eigenvalue weighted by molar-refractivity contribution is 5.86. The van der Waals surface area contributed by atoms with E-state index in [0.717, 1.165) is 12.0 Å². The molecule has 1 aliphatic rings. The summed E-state index contributed by atoms with van der Waals surface area (Å²) in [6.45, 7) is 4.57. The van der Waals surface area contributed by atoms with Crippen molar-refractivity contribution in [2.45, 2.75) is 64.0 Å². The number of fused-ring (bicyclic) bond motifs is 1. The van der Waals surface area contributed by atoms with Gasteiger partial charge in [0, 0.05) is 12.1 Å². The Morgan fingerprint density at radius 1 is 1.03 bits per heavy atom. The minimum atomic E-state index is -0.153. The molecule has 3 atom stereocenters. The van der Waals surface area contributed by atoms with Gasteiger partial charge in [0.15, 0.2) is 0 Å². The Hall–Kier alpha value is -2.65. The standard InChI is InChI=1S/C28H33NO2/c1-3-31-28(30)18-21-14-16-22(17-15-21)24-10-6-11-25(19-24)29-20(2)26-13-7-9-23-8-4-5-12-27(23)26/h4-5,7-9,12-17,20,24-25,29H,3,6,10-11,18-19H2,1-2H3/t20-,24+,25+/m1/s1. The van der Waals surface area contributed by atoms with Crippen LogP contribution in [0.4, 0.5) is 0 Å². The van der Waals surface area contributed by atoms with Gasteiger partial charge < -0.3 is 10.1 Å². The Morgan fingerprint density at radius 2 is 1.81 bits per heavy atom. The maximum Gasteiger partial charge on any atom is 0.310 e. The molecule has 0 spiro atoms. The zero-order valence-corrected chi connectivity index (χ0v) is 18.6. The van der Waals surface area contributed by atoms with Crippen molar-refractivity contribution in [3.05, 3.63) is 83.4 Å². The topological polar surface area (TPSA) is 38.3 Å². The van der Waals surface area contributed by atoms with E-state index in [1.807, 2.05) is 6.92 Å². The highest BCUT2D eigenvalue weighted by Crippen LogP contribution is 2.34. The molecule has 3 nitrogen and oxygen atoms in total. The molecule has 1 aliphatic carbocycles. The molecule has 3 heteroatoms. The second-order valence-electron chi connectivity index (χ2n) is 8.74. The quantitative estimate of drug-likeness (QED) is 0.459. The number of ether oxygens (including phenoxy) is 1. The molecule has 1 fully saturated rings. The molecule has 31 heavy (non-hydrogen) atoms. The van der Waals surface area contributed by atoms with Gasteiger partial charge in [-0.05, 0) is 66.5 Å². The number of carbonyl (C=O) groups is 1. The first kappa shape index (κ1) is 21.6. The van der Waals surface area contributed by atoms with Crippen LogP contribution >= 0.6 is 0 Å². The first-order chi connectivity index (χ1) is 15.1. The number of carbonyl (C=O) groups excluding carboxylic acids is 1. The van der Waals surface area contributed by atoms with Crippen LogP contribution in [0.25, 0.3) is 10.8 Å². The number of hydrogen-bond donors (Lipinski definition) is 1. The van der Waals surface area contributed by atoms with Crippen LogP contribution in [0.1, 0.15) is 68.2 Å². The summed E-state index contributed by atoms with van der Waals surface area (Å²) in [5, 5.41) is 6.56. The molecule has 4 rings (SSSR count). The van der Waals surface area contributed by atoms with E-state index in [-0.39, 0.29) is 5.97 Å². The molecule has 1 N–H and O–H groups in total. The summed E-state index contributed by atoms with van der Waals surface area (Å²) in [5.74, 6) is 0.419. The fraction of sp³-hybridized carbons (Fsp3) is 0.393. The molecule has 3 aromatic carbocycles. The molecule has 0 amide bonds. The molecule has 0 bridgehead atoms. The van der Waals surface area contributed by atoms with Crippen LogP contribution in [0.15, 0.2) is 66.7 Å². The van der Waals surface area contributed by atoms with Crippen LogP contribution in [0, 0.1) is 0 Å². The van der Waals surface area contributed by atoms with Crippen molar-refractivity contribution in [3.8, 4) is 0 Å². The van der Waals surface area contributed by atoms with Crippen molar-refractivity contribution < 1.29 is 9.53 Å². The summed E-state index contributed by atoms with van der Waals surface area (Å²) in [5.41, 5.74) is 3.79. The minimum Gasteiger partial charge on any atom is -0.466 e. The SMILES string of the molecule is CCOC(=O)Cc1ccc([C@H]2CCC[C@H](N[C@H](C)c3cccc4ccccc34)C2)cc1. The second kappa shape index (κ2) is 10.1. The number of nitrogens with one attached hydrogen (secondary N) is 1. The smallest absolute Gasteiger partial charge is 0.310 e. The third kappa shape index (κ3) is 5.34. The van der Waals surface area contributed by atoms with Crippen LogP contribution in [0.3, 0.4) is 0 Å². The number of benzene rings is 3. The molecule has 0 aliphatic heterocycles. The highest BCUT2D eigenvalue weighted by atomic mass is 16.5. The van der Waals surface area contributed by atoms with E-state index in [0.29, 0.717) is 31.0 Å². The fourth-order valence-electron chi connectivity index (χ4n) is 5.00. The van der Waals surface area contributed by atoms with Crippen LogP contribution in [-0.2, 0) is 16.0 Å². The van der Waals surface area contributed by atoms with E-state index in [4.69, 9.17) is 4.74 Å². The minimum absolute atomic E-state index is 0.153. The molecule has 1 saturated carbocycles. The van der Waals surface area contributed by atoms with Gasteiger partial charge in [0.05, 0.1) is 13.0 Å².